The summed E-state index contributed by atoms with van der Waals surface area (Å²) in [5, 5.41) is 8.02. The number of rotatable bonds is 4. The van der Waals surface area contributed by atoms with E-state index in [1.54, 1.807) is 0 Å². The van der Waals surface area contributed by atoms with Crippen LogP contribution < -0.4 is 10.2 Å². The van der Waals surface area contributed by atoms with Crippen LogP contribution in [0.4, 0.5) is 11.5 Å². The molecule has 1 N–H and O–H groups in total. The minimum absolute atomic E-state index is 0.745. The van der Waals surface area contributed by atoms with Gasteiger partial charge in [-0.05, 0) is 54.3 Å². The van der Waals surface area contributed by atoms with Crippen LogP contribution in [0.3, 0.4) is 0 Å². The molecule has 1 aliphatic heterocycles. The van der Waals surface area contributed by atoms with E-state index in [2.05, 4.69) is 55.3 Å². The van der Waals surface area contributed by atoms with Crippen molar-refractivity contribution in [2.24, 2.45) is 0 Å². The van der Waals surface area contributed by atoms with Gasteiger partial charge < -0.3 is 15.0 Å². The highest BCUT2D eigenvalue weighted by atomic mass is 16.5. The third kappa shape index (κ3) is 4.22. The van der Waals surface area contributed by atoms with Gasteiger partial charge in [0.25, 0.3) is 0 Å². The fourth-order valence-corrected chi connectivity index (χ4v) is 3.77. The highest BCUT2D eigenvalue weighted by Gasteiger charge is 2.19. The lowest BCUT2D eigenvalue weighted by Crippen LogP contribution is -2.37. The summed E-state index contributed by atoms with van der Waals surface area (Å²) in [5.41, 5.74) is 6.97. The Kier molecular flexibility index (Phi) is 6.75. The lowest BCUT2D eigenvalue weighted by molar-refractivity contribution is 0.122. The second kappa shape index (κ2) is 9.27. The molecule has 0 unspecified atom stereocenters. The van der Waals surface area contributed by atoms with Gasteiger partial charge in [-0.2, -0.15) is 4.52 Å². The SMILES string of the molecule is CC.CCc1nc2cc(-c3cc(NC)c(C)cc3C)cc(N3CCOCC3)n2n1. The molecule has 1 aliphatic rings. The molecule has 4 rings (SSSR count). The first-order chi connectivity index (χ1) is 14.1. The Bertz CT molecular complexity index is 973. The van der Waals surface area contributed by atoms with E-state index < -0.39 is 0 Å². The van der Waals surface area contributed by atoms with Crippen molar-refractivity contribution in [2.45, 2.75) is 41.0 Å². The van der Waals surface area contributed by atoms with Gasteiger partial charge in [-0.15, -0.1) is 5.10 Å². The third-order valence-corrected chi connectivity index (χ3v) is 5.27. The van der Waals surface area contributed by atoms with Gasteiger partial charge in [-0.3, -0.25) is 0 Å². The van der Waals surface area contributed by atoms with Crippen molar-refractivity contribution in [2.75, 3.05) is 43.6 Å². The van der Waals surface area contributed by atoms with Gasteiger partial charge in [-0.25, -0.2) is 4.98 Å². The lowest BCUT2D eigenvalue weighted by atomic mass is 9.97. The fraction of sp³-hybridized carbons (Fsp3) is 0.478. The summed E-state index contributed by atoms with van der Waals surface area (Å²) in [6.45, 7) is 13.6. The zero-order chi connectivity index (χ0) is 21.0. The van der Waals surface area contributed by atoms with E-state index in [9.17, 15) is 0 Å². The number of morpholine rings is 1. The molecule has 6 heteroatoms. The number of nitrogens with one attached hydrogen (secondary N) is 1. The molecule has 0 atom stereocenters. The van der Waals surface area contributed by atoms with Crippen molar-refractivity contribution in [3.8, 4) is 11.1 Å². The Morgan fingerprint density at radius 2 is 1.76 bits per heavy atom. The molecule has 1 saturated heterocycles. The first kappa shape index (κ1) is 21.1. The number of hydrogen-bond donors (Lipinski definition) is 1. The van der Waals surface area contributed by atoms with E-state index in [1.165, 1.54) is 22.3 Å². The Hall–Kier alpha value is -2.60. The number of hydrogen-bond acceptors (Lipinski definition) is 5. The van der Waals surface area contributed by atoms with Crippen LogP contribution in [0.1, 0.15) is 37.7 Å². The Morgan fingerprint density at radius 3 is 2.41 bits per heavy atom. The molecule has 0 amide bonds. The summed E-state index contributed by atoms with van der Waals surface area (Å²) in [5.74, 6) is 1.96. The van der Waals surface area contributed by atoms with Gasteiger partial charge in [-0.1, -0.05) is 26.8 Å². The summed E-state index contributed by atoms with van der Waals surface area (Å²) in [6.07, 6.45) is 0.826. The summed E-state index contributed by atoms with van der Waals surface area (Å²) >= 11 is 0. The van der Waals surface area contributed by atoms with Crippen LogP contribution in [0, 0.1) is 13.8 Å². The zero-order valence-electron chi connectivity index (χ0n) is 18.5. The van der Waals surface area contributed by atoms with Crippen molar-refractivity contribution in [3.05, 3.63) is 41.2 Å². The standard InChI is InChI=1S/C21H27N5O.C2H6/c1-5-19-23-20-11-16(17-13-18(22-4)15(3)10-14(17)2)12-21(26(20)24-19)25-6-8-27-9-7-25;1-2/h10-13,22H,5-9H2,1-4H3;1-2H3. The van der Waals surface area contributed by atoms with Gasteiger partial charge in [0.05, 0.1) is 13.2 Å². The minimum Gasteiger partial charge on any atom is -0.388 e. The van der Waals surface area contributed by atoms with Gasteiger partial charge in [0.15, 0.2) is 11.5 Å². The monoisotopic (exact) mass is 395 g/mol. The van der Waals surface area contributed by atoms with Gasteiger partial charge >= 0.3 is 0 Å². The molecule has 0 spiro atoms. The van der Waals surface area contributed by atoms with Crippen molar-refractivity contribution in [1.82, 2.24) is 14.6 Å². The summed E-state index contributed by atoms with van der Waals surface area (Å²) in [4.78, 5) is 7.08. The van der Waals surface area contributed by atoms with Gasteiger partial charge in [0.2, 0.25) is 0 Å². The minimum atomic E-state index is 0.745. The molecular formula is C23H33N5O. The molecule has 6 nitrogen and oxygen atoms in total. The van der Waals surface area contributed by atoms with Crippen molar-refractivity contribution in [3.63, 3.8) is 0 Å². The van der Waals surface area contributed by atoms with E-state index >= 15 is 0 Å². The molecule has 2 aromatic heterocycles. The molecule has 0 bridgehead atoms. The highest BCUT2D eigenvalue weighted by molar-refractivity contribution is 5.77. The van der Waals surface area contributed by atoms with Crippen molar-refractivity contribution < 1.29 is 4.74 Å². The number of ether oxygens (including phenoxy) is 1. The van der Waals surface area contributed by atoms with Crippen LogP contribution in [0.5, 0.6) is 0 Å². The van der Waals surface area contributed by atoms with Crippen LogP contribution in [0.15, 0.2) is 24.3 Å². The molecule has 3 aromatic rings. The predicted molar refractivity (Wildman–Crippen MR) is 121 cm³/mol. The van der Waals surface area contributed by atoms with E-state index in [4.69, 9.17) is 14.8 Å². The number of nitrogens with zero attached hydrogens (tertiary/aromatic N) is 4. The molecule has 0 aliphatic carbocycles. The van der Waals surface area contributed by atoms with E-state index in [-0.39, 0.29) is 0 Å². The molecule has 0 radical (unpaired) electrons. The van der Waals surface area contributed by atoms with E-state index in [0.29, 0.717) is 0 Å². The van der Waals surface area contributed by atoms with Crippen LogP contribution in [-0.2, 0) is 11.2 Å². The summed E-state index contributed by atoms with van der Waals surface area (Å²) < 4.78 is 7.52. The van der Waals surface area contributed by atoms with Crippen LogP contribution in [0.2, 0.25) is 0 Å². The zero-order valence-corrected chi connectivity index (χ0v) is 18.5. The topological polar surface area (TPSA) is 54.7 Å². The van der Waals surface area contributed by atoms with E-state index in [0.717, 1.165) is 55.7 Å². The van der Waals surface area contributed by atoms with Crippen molar-refractivity contribution >= 4 is 17.2 Å². The lowest BCUT2D eigenvalue weighted by Gasteiger charge is -2.29. The molecular weight excluding hydrogens is 362 g/mol. The first-order valence-corrected chi connectivity index (χ1v) is 10.6. The maximum Gasteiger partial charge on any atom is 0.158 e. The molecule has 3 heterocycles. The van der Waals surface area contributed by atoms with Crippen LogP contribution in [0.25, 0.3) is 16.8 Å². The first-order valence-electron chi connectivity index (χ1n) is 10.6. The molecule has 0 saturated carbocycles. The number of anilines is 2. The van der Waals surface area contributed by atoms with E-state index in [1.807, 2.05) is 25.4 Å². The van der Waals surface area contributed by atoms with Crippen LogP contribution >= 0.6 is 0 Å². The fourth-order valence-electron chi connectivity index (χ4n) is 3.77. The van der Waals surface area contributed by atoms with Gasteiger partial charge in [0.1, 0.15) is 5.82 Å². The maximum absolute atomic E-state index is 5.54. The molecule has 29 heavy (non-hydrogen) atoms. The highest BCUT2D eigenvalue weighted by Crippen LogP contribution is 2.32. The number of aromatic nitrogens is 3. The number of fused-ring (bicyclic) bond motifs is 1. The normalized spacial score (nSPS) is 13.9. The largest absolute Gasteiger partial charge is 0.388 e. The number of aryl methyl sites for hydroxylation is 3. The smallest absolute Gasteiger partial charge is 0.158 e. The second-order valence-corrected chi connectivity index (χ2v) is 7.09. The predicted octanol–water partition coefficient (Wildman–Crippen LogP) is 4.48. The summed E-state index contributed by atoms with van der Waals surface area (Å²) in [7, 11) is 1.97. The summed E-state index contributed by atoms with van der Waals surface area (Å²) in [6, 6.07) is 8.86. The Labute approximate surface area is 173 Å². The average molecular weight is 396 g/mol. The molecule has 156 valence electrons. The average Bonchev–Trinajstić information content (AvgIpc) is 3.18. The molecule has 1 fully saturated rings. The van der Waals surface area contributed by atoms with Crippen molar-refractivity contribution in [1.29, 1.82) is 0 Å². The maximum atomic E-state index is 5.54. The molecule has 1 aromatic carbocycles. The number of benzene rings is 1. The van der Waals surface area contributed by atoms with Gasteiger partial charge in [0, 0.05) is 32.2 Å². The quantitative estimate of drug-likeness (QED) is 0.706. The Morgan fingerprint density at radius 1 is 1.03 bits per heavy atom. The number of pyridine rings is 1. The second-order valence-electron chi connectivity index (χ2n) is 7.09. The third-order valence-electron chi connectivity index (χ3n) is 5.27. The van der Waals surface area contributed by atoms with Crippen LogP contribution in [-0.4, -0.2) is 47.9 Å². The Balaban J connectivity index is 0.00000117.